The number of hydrogen-bond donors (Lipinski definition) is 2. The second-order valence-electron chi connectivity index (χ2n) is 7.32. The highest BCUT2D eigenvalue weighted by Gasteiger charge is 2.27. The molecule has 1 aromatic carbocycles. The second-order valence-corrected chi connectivity index (χ2v) is 7.32. The number of benzene rings is 1. The van der Waals surface area contributed by atoms with Crippen LogP contribution in [-0.2, 0) is 6.54 Å². The number of fused-ring (bicyclic) bond motifs is 1. The molecule has 1 aliphatic carbocycles. The van der Waals surface area contributed by atoms with Crippen LogP contribution in [0.5, 0.6) is 0 Å². The molecular weight excluding hydrogens is 383 g/mol. The number of amides is 1. The monoisotopic (exact) mass is 403 g/mol. The quantitative estimate of drug-likeness (QED) is 0.700. The molecule has 0 spiro atoms. The summed E-state index contributed by atoms with van der Waals surface area (Å²) in [6.07, 6.45) is 6.03. The van der Waals surface area contributed by atoms with Gasteiger partial charge >= 0.3 is 0 Å². The Morgan fingerprint density at radius 3 is 2.66 bits per heavy atom. The topological polar surface area (TPSA) is 67.2 Å². The number of nitrogens with zero attached hydrogens (tertiary/aromatic N) is 2. The summed E-state index contributed by atoms with van der Waals surface area (Å²) in [5, 5.41) is 12.7. The molecule has 2 heterocycles. The summed E-state index contributed by atoms with van der Waals surface area (Å²) in [6.45, 7) is -0.0927. The Hall–Kier alpha value is -2.87. The number of aliphatic hydroxyl groups excluding tert-OH is 1. The molecule has 1 amide bonds. The molecule has 2 aromatic heterocycles. The van der Waals surface area contributed by atoms with Crippen molar-refractivity contribution >= 4 is 16.8 Å². The Balaban J connectivity index is 1.75. The van der Waals surface area contributed by atoms with E-state index < -0.39 is 35.5 Å². The van der Waals surface area contributed by atoms with Crippen molar-refractivity contribution in [2.45, 2.75) is 44.4 Å². The third-order valence-corrected chi connectivity index (χ3v) is 5.41. The van der Waals surface area contributed by atoms with Crippen LogP contribution in [0.2, 0.25) is 0 Å². The van der Waals surface area contributed by atoms with Crippen LogP contribution in [0.3, 0.4) is 0 Å². The molecule has 1 fully saturated rings. The van der Waals surface area contributed by atoms with Gasteiger partial charge in [-0.25, -0.2) is 13.2 Å². The number of carbonyl (C=O) groups is 1. The molecule has 5 nitrogen and oxygen atoms in total. The highest BCUT2D eigenvalue weighted by Crippen LogP contribution is 2.29. The van der Waals surface area contributed by atoms with E-state index >= 15 is 0 Å². The minimum Gasteiger partial charge on any atom is -0.391 e. The molecule has 0 aliphatic heterocycles. The first kappa shape index (κ1) is 19.4. The largest absolute Gasteiger partial charge is 0.391 e. The summed E-state index contributed by atoms with van der Waals surface area (Å²) in [5.41, 5.74) is 0.0648. The lowest BCUT2D eigenvalue weighted by molar-refractivity contribution is 0.0718. The van der Waals surface area contributed by atoms with E-state index in [1.807, 2.05) is 0 Å². The van der Waals surface area contributed by atoms with Gasteiger partial charge in [-0.05, 0) is 31.0 Å². The predicted octanol–water partition coefficient (Wildman–Crippen LogP) is 3.54. The first-order valence-corrected chi connectivity index (χ1v) is 9.50. The van der Waals surface area contributed by atoms with Gasteiger partial charge < -0.3 is 15.0 Å². The molecule has 0 radical (unpaired) electrons. The smallest absolute Gasteiger partial charge is 0.253 e. The Kier molecular flexibility index (Phi) is 5.27. The molecule has 8 heteroatoms. The van der Waals surface area contributed by atoms with Crippen LogP contribution in [0.4, 0.5) is 13.2 Å². The van der Waals surface area contributed by atoms with E-state index in [0.717, 1.165) is 31.2 Å². The van der Waals surface area contributed by atoms with Crippen molar-refractivity contribution in [2.75, 3.05) is 0 Å². The normalized spacial score (nSPS) is 19.4. The zero-order valence-electron chi connectivity index (χ0n) is 15.5. The molecule has 0 bridgehead atoms. The van der Waals surface area contributed by atoms with Crippen LogP contribution < -0.4 is 5.32 Å². The third-order valence-electron chi connectivity index (χ3n) is 5.41. The Bertz CT molecular complexity index is 1070. The van der Waals surface area contributed by atoms with Crippen LogP contribution in [0.15, 0.2) is 36.8 Å². The summed E-state index contributed by atoms with van der Waals surface area (Å²) >= 11 is 0. The molecule has 29 heavy (non-hydrogen) atoms. The third kappa shape index (κ3) is 3.72. The van der Waals surface area contributed by atoms with Gasteiger partial charge in [0.2, 0.25) is 0 Å². The lowest BCUT2D eigenvalue weighted by Gasteiger charge is -2.28. The second kappa shape index (κ2) is 7.87. The highest BCUT2D eigenvalue weighted by molar-refractivity contribution is 6.07. The van der Waals surface area contributed by atoms with Crippen molar-refractivity contribution in [1.82, 2.24) is 14.9 Å². The zero-order chi connectivity index (χ0) is 20.5. The molecule has 152 valence electrons. The number of halogens is 3. The maximum atomic E-state index is 14.6. The van der Waals surface area contributed by atoms with Crippen LogP contribution in [0, 0.1) is 17.5 Å². The summed E-state index contributed by atoms with van der Waals surface area (Å²) in [4.78, 5) is 16.5. The van der Waals surface area contributed by atoms with Crippen LogP contribution in [0.1, 0.15) is 41.6 Å². The molecule has 0 saturated heterocycles. The molecule has 1 saturated carbocycles. The lowest BCUT2D eigenvalue weighted by atomic mass is 9.92. The Morgan fingerprint density at radius 1 is 1.14 bits per heavy atom. The summed E-state index contributed by atoms with van der Waals surface area (Å²) in [5.74, 6) is -2.64. The van der Waals surface area contributed by atoms with E-state index in [0.29, 0.717) is 12.8 Å². The van der Waals surface area contributed by atoms with Gasteiger partial charge in [0.05, 0.1) is 41.4 Å². The molecular formula is C21H20F3N3O2. The minimum absolute atomic E-state index is 0.0516. The molecule has 2 N–H and O–H groups in total. The van der Waals surface area contributed by atoms with Gasteiger partial charge in [0, 0.05) is 18.0 Å². The number of hydrogen-bond acceptors (Lipinski definition) is 3. The number of rotatable bonds is 4. The van der Waals surface area contributed by atoms with Crippen molar-refractivity contribution in [3.8, 4) is 0 Å². The lowest BCUT2D eigenvalue weighted by Crippen LogP contribution is -2.45. The summed E-state index contributed by atoms with van der Waals surface area (Å²) in [7, 11) is 0. The van der Waals surface area contributed by atoms with Gasteiger partial charge in [-0.1, -0.05) is 12.8 Å². The van der Waals surface area contributed by atoms with E-state index in [1.165, 1.54) is 23.0 Å². The maximum absolute atomic E-state index is 14.6. The SMILES string of the molecule is O=C(N[C@H]1CCCCC1O)c1cn(Cc2ccncc2F)c2c(F)ccc(F)c12. The molecule has 2 atom stereocenters. The van der Waals surface area contributed by atoms with Gasteiger partial charge in [-0.2, -0.15) is 0 Å². The summed E-state index contributed by atoms with van der Waals surface area (Å²) < 4.78 is 44.5. The molecule has 1 aliphatic rings. The first-order chi connectivity index (χ1) is 14.0. The Morgan fingerprint density at radius 2 is 1.90 bits per heavy atom. The molecule has 3 aromatic rings. The number of nitrogens with one attached hydrogen (secondary N) is 1. The highest BCUT2D eigenvalue weighted by atomic mass is 19.1. The zero-order valence-corrected chi connectivity index (χ0v) is 15.5. The van der Waals surface area contributed by atoms with Crippen LogP contribution in [-0.4, -0.2) is 32.7 Å². The fourth-order valence-electron chi connectivity index (χ4n) is 3.90. The van der Waals surface area contributed by atoms with E-state index in [4.69, 9.17) is 0 Å². The number of carbonyl (C=O) groups excluding carboxylic acids is 1. The van der Waals surface area contributed by atoms with Crippen LogP contribution in [0.25, 0.3) is 10.9 Å². The van der Waals surface area contributed by atoms with Crippen molar-refractivity contribution < 1.29 is 23.1 Å². The molecule has 4 rings (SSSR count). The Labute approximate surface area is 165 Å². The summed E-state index contributed by atoms with van der Waals surface area (Å²) in [6, 6.07) is 2.94. The standard InChI is InChI=1S/C21H20F3N3O2/c22-14-5-6-15(23)20-19(14)13(21(29)26-17-3-1-2-4-18(17)28)11-27(20)10-12-7-8-25-9-16(12)24/h5-9,11,17-18,28H,1-4,10H2,(H,26,29)/t17-,18?/m0/s1. The van der Waals surface area contributed by atoms with Crippen molar-refractivity contribution in [3.63, 3.8) is 0 Å². The average Bonchev–Trinajstić information content (AvgIpc) is 3.09. The first-order valence-electron chi connectivity index (χ1n) is 9.50. The number of aromatic nitrogens is 2. The van der Waals surface area contributed by atoms with Crippen LogP contribution >= 0.6 is 0 Å². The average molecular weight is 403 g/mol. The van der Waals surface area contributed by atoms with E-state index in [1.54, 1.807) is 0 Å². The van der Waals surface area contributed by atoms with E-state index in [9.17, 15) is 23.1 Å². The van der Waals surface area contributed by atoms with Crippen molar-refractivity contribution in [3.05, 3.63) is 65.4 Å². The van der Waals surface area contributed by atoms with E-state index in [-0.39, 0.29) is 28.6 Å². The van der Waals surface area contributed by atoms with Gasteiger partial charge in [-0.3, -0.25) is 9.78 Å². The van der Waals surface area contributed by atoms with Crippen molar-refractivity contribution in [1.29, 1.82) is 0 Å². The van der Waals surface area contributed by atoms with Gasteiger partial charge in [0.15, 0.2) is 0 Å². The van der Waals surface area contributed by atoms with Gasteiger partial charge in [0.25, 0.3) is 5.91 Å². The maximum Gasteiger partial charge on any atom is 0.253 e. The predicted molar refractivity (Wildman–Crippen MR) is 101 cm³/mol. The fourth-order valence-corrected chi connectivity index (χ4v) is 3.90. The fraction of sp³-hybridized carbons (Fsp3) is 0.333. The van der Waals surface area contributed by atoms with E-state index in [2.05, 4.69) is 10.3 Å². The number of pyridine rings is 1. The number of aliphatic hydroxyl groups is 1. The molecule has 1 unspecified atom stereocenters. The van der Waals surface area contributed by atoms with Gasteiger partial charge in [0.1, 0.15) is 17.5 Å². The van der Waals surface area contributed by atoms with Crippen molar-refractivity contribution in [2.24, 2.45) is 0 Å². The van der Waals surface area contributed by atoms with Gasteiger partial charge in [-0.15, -0.1) is 0 Å². The minimum atomic E-state index is -0.746.